The molecule has 23 aromatic carbocycles. The second kappa shape index (κ2) is 26.7. The molecule has 0 heterocycles. The maximum atomic E-state index is 2.40. The summed E-state index contributed by atoms with van der Waals surface area (Å²) in [7, 11) is 0. The monoisotopic (exact) mass is 1410 g/mol. The van der Waals surface area contributed by atoms with Crippen molar-refractivity contribution in [2.24, 2.45) is 0 Å². The van der Waals surface area contributed by atoms with E-state index in [0.29, 0.717) is 0 Å². The summed E-state index contributed by atoms with van der Waals surface area (Å²) in [6, 6.07) is 157. The van der Waals surface area contributed by atoms with Crippen molar-refractivity contribution in [3.05, 3.63) is 425 Å². The van der Waals surface area contributed by atoms with Crippen LogP contribution in [0.4, 0.5) is 0 Å². The average molecular weight is 1420 g/mol. The Bertz CT molecular complexity index is 7640. The van der Waals surface area contributed by atoms with Crippen LogP contribution in [-0.2, 0) is 0 Å². The van der Waals surface area contributed by atoms with Gasteiger partial charge < -0.3 is 0 Å². The lowest BCUT2D eigenvalue weighted by atomic mass is 9.85. The number of hydrogen-bond acceptors (Lipinski definition) is 0. The standard InChI is InChI=1S/C58H36.C54H34/c1-2-12-41-33-42(28-23-37(41)11-1)38-21-26-40(27-22-38)57-52-17-7-9-19-54(52)58(55-20-10-8-18-53(55)57)45-30-25-39-24-29-43(34-46(39)35-45)44-31-32-51-49-15-4-3-13-47(49)48-14-5-6-16-50(48)56(51)36-44;1-2-12-39-31-40(28-23-35(39)11-1)36-21-26-38(27-22-36)53-48-17-7-9-19-50(48)54(51-20-10-8-18-49(51)53)43-30-25-37-24-29-42(32-44(37)33-43)52-34-41-13-3-4-14-45(41)46-15-5-6-16-47(46)52/h1-36H;1-34H. The molecule has 0 saturated carbocycles. The van der Waals surface area contributed by atoms with E-state index in [0.717, 1.165) is 0 Å². The maximum absolute atomic E-state index is 2.40. The summed E-state index contributed by atoms with van der Waals surface area (Å²) < 4.78 is 0. The van der Waals surface area contributed by atoms with Crippen molar-refractivity contribution in [3.8, 4) is 89.0 Å². The fourth-order valence-electron chi connectivity index (χ4n) is 18.4. The smallest absolute Gasteiger partial charge is 0.00262 e. The normalized spacial score (nSPS) is 11.8. The molecule has 112 heavy (non-hydrogen) atoms. The Kier molecular flexibility index (Phi) is 15.4. The Balaban J connectivity index is 0.000000138. The Hall–Kier alpha value is -14.6. The fourth-order valence-corrected chi connectivity index (χ4v) is 18.4. The van der Waals surface area contributed by atoms with Gasteiger partial charge in [-0.3, -0.25) is 0 Å². The van der Waals surface area contributed by atoms with Crippen molar-refractivity contribution in [1.29, 1.82) is 0 Å². The molecule has 0 aliphatic carbocycles. The van der Waals surface area contributed by atoms with E-state index in [9.17, 15) is 0 Å². The summed E-state index contributed by atoms with van der Waals surface area (Å²) >= 11 is 0. The van der Waals surface area contributed by atoms with Crippen molar-refractivity contribution < 1.29 is 0 Å². The molecule has 0 atom stereocenters. The predicted octanol–water partition coefficient (Wildman–Crippen LogP) is 31.7. The molecule has 0 heteroatoms. The highest BCUT2D eigenvalue weighted by molar-refractivity contribution is 6.27. The molecular weight excluding hydrogens is 1350 g/mol. The molecule has 0 unspecified atom stereocenters. The first-order valence-corrected chi connectivity index (χ1v) is 38.9. The first-order chi connectivity index (χ1) is 55.5. The second-order valence-corrected chi connectivity index (χ2v) is 30.1. The number of fused-ring (bicyclic) bond motifs is 17. The van der Waals surface area contributed by atoms with Gasteiger partial charge in [0.15, 0.2) is 0 Å². The minimum Gasteiger partial charge on any atom is -0.0616 e. The zero-order valence-corrected chi connectivity index (χ0v) is 61.4. The quantitative estimate of drug-likeness (QED) is 0.105. The Morgan fingerprint density at radius 2 is 0.312 bits per heavy atom. The summed E-state index contributed by atoms with van der Waals surface area (Å²) in [5, 5.41) is 33.0. The number of benzene rings is 23. The van der Waals surface area contributed by atoms with Gasteiger partial charge in [0.05, 0.1) is 0 Å². The molecule has 0 aliphatic heterocycles. The largest absolute Gasteiger partial charge is 0.0616 e. The molecule has 0 aromatic heterocycles. The Labute approximate surface area is 649 Å². The van der Waals surface area contributed by atoms with E-state index in [4.69, 9.17) is 0 Å². The van der Waals surface area contributed by atoms with Gasteiger partial charge >= 0.3 is 0 Å². The van der Waals surface area contributed by atoms with Crippen molar-refractivity contribution in [2.45, 2.75) is 0 Å². The van der Waals surface area contributed by atoms with E-state index in [1.54, 1.807) is 0 Å². The minimum atomic E-state index is 1.22. The predicted molar refractivity (Wildman–Crippen MR) is 484 cm³/mol. The summed E-state index contributed by atoms with van der Waals surface area (Å²) in [5.41, 5.74) is 19.9. The van der Waals surface area contributed by atoms with E-state index in [1.165, 1.54) is 229 Å². The van der Waals surface area contributed by atoms with Crippen molar-refractivity contribution in [2.75, 3.05) is 0 Å². The van der Waals surface area contributed by atoms with Gasteiger partial charge in [0.2, 0.25) is 0 Å². The van der Waals surface area contributed by atoms with Gasteiger partial charge in [-0.1, -0.05) is 376 Å². The Morgan fingerprint density at radius 1 is 0.0893 bits per heavy atom. The van der Waals surface area contributed by atoms with Crippen LogP contribution in [0.1, 0.15) is 0 Å². The number of hydrogen-bond donors (Lipinski definition) is 0. The maximum Gasteiger partial charge on any atom is -0.00262 e. The zero-order valence-electron chi connectivity index (χ0n) is 61.4. The molecule has 0 nitrogen and oxygen atoms in total. The van der Waals surface area contributed by atoms with Gasteiger partial charge in [-0.2, -0.15) is 0 Å². The first kappa shape index (κ1) is 64.6. The summed E-state index contributed by atoms with van der Waals surface area (Å²) in [4.78, 5) is 0. The van der Waals surface area contributed by atoms with Crippen LogP contribution in [0, 0.1) is 0 Å². The third kappa shape index (κ3) is 11.0. The van der Waals surface area contributed by atoms with E-state index in [2.05, 4.69) is 425 Å². The van der Waals surface area contributed by atoms with Gasteiger partial charge in [0, 0.05) is 0 Å². The minimum absolute atomic E-state index is 1.22. The molecule has 0 saturated heterocycles. The van der Waals surface area contributed by atoms with Crippen LogP contribution in [0.25, 0.3) is 229 Å². The summed E-state index contributed by atoms with van der Waals surface area (Å²) in [6.45, 7) is 0. The van der Waals surface area contributed by atoms with Gasteiger partial charge in [0.25, 0.3) is 0 Å². The van der Waals surface area contributed by atoms with Gasteiger partial charge in [0.1, 0.15) is 0 Å². The molecule has 23 aromatic rings. The molecule has 0 amide bonds. The lowest BCUT2D eigenvalue weighted by molar-refractivity contribution is 1.63. The third-order valence-electron chi connectivity index (χ3n) is 23.8. The van der Waals surface area contributed by atoms with E-state index in [-0.39, 0.29) is 0 Å². The fraction of sp³-hybridized carbons (Fsp3) is 0. The first-order valence-electron chi connectivity index (χ1n) is 38.9. The number of rotatable bonds is 8. The Morgan fingerprint density at radius 3 is 0.723 bits per heavy atom. The van der Waals surface area contributed by atoms with Gasteiger partial charge in [-0.05, 0) is 278 Å². The van der Waals surface area contributed by atoms with Crippen LogP contribution in [-0.4, -0.2) is 0 Å². The van der Waals surface area contributed by atoms with Crippen molar-refractivity contribution in [1.82, 2.24) is 0 Å². The highest BCUT2D eigenvalue weighted by atomic mass is 14.2. The second-order valence-electron chi connectivity index (χ2n) is 30.1. The molecule has 518 valence electrons. The topological polar surface area (TPSA) is 0 Å². The molecular formula is C112H70. The molecule has 0 fully saturated rings. The molecule has 23 rings (SSSR count). The van der Waals surface area contributed by atoms with E-state index in [1.807, 2.05) is 0 Å². The third-order valence-corrected chi connectivity index (χ3v) is 23.8. The molecule has 0 N–H and O–H groups in total. The zero-order chi connectivity index (χ0) is 73.7. The van der Waals surface area contributed by atoms with Crippen LogP contribution in [0.3, 0.4) is 0 Å². The molecule has 0 bridgehead atoms. The van der Waals surface area contributed by atoms with Crippen LogP contribution in [0.15, 0.2) is 425 Å². The van der Waals surface area contributed by atoms with Crippen molar-refractivity contribution >= 4 is 140 Å². The van der Waals surface area contributed by atoms with Crippen LogP contribution < -0.4 is 0 Å². The molecule has 0 aliphatic rings. The van der Waals surface area contributed by atoms with Gasteiger partial charge in [-0.15, -0.1) is 0 Å². The van der Waals surface area contributed by atoms with Crippen molar-refractivity contribution in [3.63, 3.8) is 0 Å². The van der Waals surface area contributed by atoms with Crippen LogP contribution >= 0.6 is 0 Å². The SMILES string of the molecule is c1ccc2cc(-c3ccc(-c4c5ccccc5c(-c5ccc6ccc(-c7cc8ccccc8c8ccccc78)cc6c5)c5ccccc45)cc3)ccc2c1.c1ccc2cc(-c3ccc(-c4c5ccccc5c(-c5ccc6ccc(-c7ccc8c9ccccc9c9ccccc9c8c7)cc6c5)c5ccccc45)cc3)ccc2c1. The van der Waals surface area contributed by atoms with E-state index >= 15 is 0 Å². The van der Waals surface area contributed by atoms with Gasteiger partial charge in [-0.25, -0.2) is 0 Å². The average Bonchev–Trinajstić information content (AvgIpc) is 0.737. The molecule has 0 radical (unpaired) electrons. The summed E-state index contributed by atoms with van der Waals surface area (Å²) in [5.74, 6) is 0. The van der Waals surface area contributed by atoms with Crippen LogP contribution in [0.2, 0.25) is 0 Å². The highest BCUT2D eigenvalue weighted by Gasteiger charge is 2.21. The lowest BCUT2D eigenvalue weighted by Gasteiger charge is -2.18. The molecule has 0 spiro atoms. The summed E-state index contributed by atoms with van der Waals surface area (Å²) in [6.07, 6.45) is 0. The van der Waals surface area contributed by atoms with E-state index < -0.39 is 0 Å². The highest BCUT2D eigenvalue weighted by Crippen LogP contribution is 2.49. The van der Waals surface area contributed by atoms with Crippen LogP contribution in [0.5, 0.6) is 0 Å². The lowest BCUT2D eigenvalue weighted by Crippen LogP contribution is -1.91.